The third kappa shape index (κ3) is 7.22. The Kier molecular flexibility index (Phi) is 9.29. The number of rotatable bonds is 7. The maximum atomic E-state index is 13.6. The number of benzene rings is 1. The average Bonchev–Trinajstić information content (AvgIpc) is 3.69. The largest absolute Gasteiger partial charge is 0.444 e. The second-order valence-corrected chi connectivity index (χ2v) is 13.7. The van der Waals surface area contributed by atoms with Crippen molar-refractivity contribution in [3.05, 3.63) is 77.2 Å². The zero-order valence-electron chi connectivity index (χ0n) is 27.9. The minimum atomic E-state index is -0.560. The summed E-state index contributed by atoms with van der Waals surface area (Å²) in [7, 11) is 1.88. The standard InChI is InChI=1S/C35H36FN9O3S/c1-6-26-32(43(5)33-42-29(27(17-37)49-33)21-7-10-24(36)11-8-21)45-20-22(9-12-28(45)41-26)23-18-38-30(39-19-23)31(46)40-25-13-15-44(16-14-25)34(47)48-35(2,3)4/h7-12,18-20,25H,6,13-16H2,1-5H3,(H,40,46). The highest BCUT2D eigenvalue weighted by atomic mass is 32.1. The molecule has 5 heterocycles. The molecule has 0 aliphatic carbocycles. The summed E-state index contributed by atoms with van der Waals surface area (Å²) in [6.45, 7) is 8.51. The Morgan fingerprint density at radius 1 is 1.06 bits per heavy atom. The van der Waals surface area contributed by atoms with Gasteiger partial charge in [-0.05, 0) is 76.4 Å². The van der Waals surface area contributed by atoms with Crippen LogP contribution in [0.3, 0.4) is 0 Å². The molecular formula is C35H36FN9O3S. The van der Waals surface area contributed by atoms with E-state index in [-0.39, 0.29) is 29.7 Å². The van der Waals surface area contributed by atoms with Gasteiger partial charge in [-0.2, -0.15) is 5.26 Å². The summed E-state index contributed by atoms with van der Waals surface area (Å²) >= 11 is 1.25. The van der Waals surface area contributed by atoms with Crippen molar-refractivity contribution in [2.45, 2.75) is 58.6 Å². The number of halogens is 1. The van der Waals surface area contributed by atoms with Gasteiger partial charge in [0.2, 0.25) is 5.82 Å². The van der Waals surface area contributed by atoms with Crippen LogP contribution in [0.5, 0.6) is 0 Å². The molecule has 0 radical (unpaired) electrons. The Balaban J connectivity index is 1.19. The van der Waals surface area contributed by atoms with Crippen molar-refractivity contribution < 1.29 is 18.7 Å². The van der Waals surface area contributed by atoms with Gasteiger partial charge in [-0.1, -0.05) is 18.3 Å². The molecule has 1 saturated heterocycles. The molecule has 252 valence electrons. The van der Waals surface area contributed by atoms with E-state index in [2.05, 4.69) is 21.4 Å². The molecule has 1 fully saturated rings. The summed E-state index contributed by atoms with van der Waals surface area (Å²) in [5, 5.41) is 13.4. The van der Waals surface area contributed by atoms with Gasteiger partial charge >= 0.3 is 6.09 Å². The van der Waals surface area contributed by atoms with Crippen LogP contribution in [-0.4, -0.2) is 73.0 Å². The van der Waals surface area contributed by atoms with E-state index in [4.69, 9.17) is 14.7 Å². The molecule has 0 bridgehead atoms. The van der Waals surface area contributed by atoms with E-state index in [9.17, 15) is 19.2 Å². The number of fused-ring (bicyclic) bond motifs is 1. The van der Waals surface area contributed by atoms with Crippen LogP contribution in [0.2, 0.25) is 0 Å². The summed E-state index contributed by atoms with van der Waals surface area (Å²) < 4.78 is 21.0. The molecule has 0 saturated carbocycles. The van der Waals surface area contributed by atoms with Crippen molar-refractivity contribution in [3.63, 3.8) is 0 Å². The van der Waals surface area contributed by atoms with Crippen LogP contribution in [0.15, 0.2) is 55.0 Å². The van der Waals surface area contributed by atoms with Crippen LogP contribution in [0.4, 0.5) is 20.1 Å². The Bertz CT molecular complexity index is 2040. The predicted octanol–water partition coefficient (Wildman–Crippen LogP) is 6.39. The van der Waals surface area contributed by atoms with E-state index >= 15 is 0 Å². The maximum Gasteiger partial charge on any atom is 0.410 e. The number of likely N-dealkylation sites (tertiary alicyclic amines) is 1. The molecular weight excluding hydrogens is 646 g/mol. The lowest BCUT2D eigenvalue weighted by molar-refractivity contribution is 0.0199. The minimum absolute atomic E-state index is 0.0600. The molecule has 1 aromatic carbocycles. The monoisotopic (exact) mass is 681 g/mol. The molecule has 6 rings (SSSR count). The fourth-order valence-corrected chi connectivity index (χ4v) is 6.49. The molecule has 1 aliphatic heterocycles. The highest BCUT2D eigenvalue weighted by molar-refractivity contribution is 7.16. The fraction of sp³-hybridized carbons (Fsp3) is 0.343. The number of imidazole rings is 1. The highest BCUT2D eigenvalue weighted by Gasteiger charge is 2.28. The zero-order chi connectivity index (χ0) is 34.9. The number of amides is 2. The molecule has 0 atom stereocenters. The van der Waals surface area contributed by atoms with Gasteiger partial charge in [0, 0.05) is 61.5 Å². The summed E-state index contributed by atoms with van der Waals surface area (Å²) in [5.41, 5.74) is 3.69. The van der Waals surface area contributed by atoms with Gasteiger partial charge in [-0.15, -0.1) is 0 Å². The van der Waals surface area contributed by atoms with Crippen molar-refractivity contribution >= 4 is 39.9 Å². The molecule has 0 spiro atoms. The van der Waals surface area contributed by atoms with Gasteiger partial charge in [-0.3, -0.25) is 9.20 Å². The number of ether oxygens (including phenoxy) is 1. The molecule has 1 N–H and O–H groups in total. The number of nitrogens with zero attached hydrogens (tertiary/aromatic N) is 8. The van der Waals surface area contributed by atoms with Gasteiger partial charge in [0.15, 0.2) is 5.13 Å². The van der Waals surface area contributed by atoms with E-state index in [1.54, 1.807) is 29.4 Å². The van der Waals surface area contributed by atoms with Crippen LogP contribution in [-0.2, 0) is 11.2 Å². The maximum absolute atomic E-state index is 13.6. The molecule has 12 nitrogen and oxygen atoms in total. The quantitative estimate of drug-likeness (QED) is 0.207. The molecule has 49 heavy (non-hydrogen) atoms. The SMILES string of the molecule is CCc1nc2ccc(-c3cnc(C(=O)NC4CCN(C(=O)OC(C)(C)C)CC4)nc3)cn2c1N(C)c1nc(-c2ccc(F)cc2)c(C#N)s1. The number of nitriles is 1. The number of piperidine rings is 1. The normalized spacial score (nSPS) is 13.7. The van der Waals surface area contributed by atoms with Crippen molar-refractivity contribution in [2.24, 2.45) is 0 Å². The summed E-state index contributed by atoms with van der Waals surface area (Å²) in [5.74, 6) is 0.118. The summed E-state index contributed by atoms with van der Waals surface area (Å²) in [6.07, 6.45) is 6.69. The summed E-state index contributed by atoms with van der Waals surface area (Å²) in [4.78, 5) is 47.7. The number of aryl methyl sites for hydroxylation is 1. The smallest absolute Gasteiger partial charge is 0.410 e. The highest BCUT2D eigenvalue weighted by Crippen LogP contribution is 2.37. The Morgan fingerprint density at radius 3 is 2.37 bits per heavy atom. The molecule has 5 aromatic rings. The van der Waals surface area contributed by atoms with Crippen molar-refractivity contribution in [3.8, 4) is 28.5 Å². The van der Waals surface area contributed by atoms with E-state index < -0.39 is 5.60 Å². The minimum Gasteiger partial charge on any atom is -0.444 e. The first-order valence-electron chi connectivity index (χ1n) is 16.0. The number of aromatic nitrogens is 5. The number of pyridine rings is 1. The number of anilines is 2. The van der Waals surface area contributed by atoms with E-state index in [1.165, 1.54) is 23.5 Å². The lowest BCUT2D eigenvalue weighted by atomic mass is 10.1. The van der Waals surface area contributed by atoms with E-state index in [1.807, 2.05) is 62.4 Å². The average molecular weight is 682 g/mol. The Labute approximate surface area is 287 Å². The van der Waals surface area contributed by atoms with Crippen LogP contribution in [0.25, 0.3) is 28.0 Å². The van der Waals surface area contributed by atoms with Gasteiger partial charge in [-0.25, -0.2) is 29.1 Å². The molecule has 2 amide bonds. The zero-order valence-corrected chi connectivity index (χ0v) is 28.7. The molecule has 4 aromatic heterocycles. The first kappa shape index (κ1) is 33.5. The predicted molar refractivity (Wildman–Crippen MR) is 184 cm³/mol. The van der Waals surface area contributed by atoms with Crippen molar-refractivity contribution in [1.29, 1.82) is 5.26 Å². The first-order valence-corrected chi connectivity index (χ1v) is 16.8. The van der Waals surface area contributed by atoms with Crippen LogP contribution >= 0.6 is 11.3 Å². The van der Waals surface area contributed by atoms with Gasteiger partial charge in [0.05, 0.1) is 5.69 Å². The van der Waals surface area contributed by atoms with Crippen LogP contribution in [0.1, 0.15) is 61.7 Å². The number of nitrogens with one attached hydrogen (secondary N) is 1. The fourth-order valence-electron chi connectivity index (χ4n) is 5.64. The Morgan fingerprint density at radius 2 is 1.73 bits per heavy atom. The Hall–Kier alpha value is -5.42. The van der Waals surface area contributed by atoms with Gasteiger partial charge in [0.1, 0.15) is 39.5 Å². The first-order chi connectivity index (χ1) is 23.4. The lowest BCUT2D eigenvalue weighted by Crippen LogP contribution is -2.48. The third-order valence-corrected chi connectivity index (χ3v) is 9.14. The van der Waals surface area contributed by atoms with Gasteiger partial charge in [0.25, 0.3) is 5.91 Å². The second-order valence-electron chi connectivity index (χ2n) is 12.7. The third-order valence-electron chi connectivity index (χ3n) is 8.11. The van der Waals surface area contributed by atoms with Gasteiger partial charge < -0.3 is 19.9 Å². The topological polar surface area (TPSA) is 142 Å². The van der Waals surface area contributed by atoms with Crippen molar-refractivity contribution in [1.82, 2.24) is 34.6 Å². The molecule has 0 unspecified atom stereocenters. The number of hydrogen-bond acceptors (Lipinski definition) is 10. The number of thiazole rings is 1. The molecule has 14 heteroatoms. The summed E-state index contributed by atoms with van der Waals surface area (Å²) in [6, 6.07) is 11.9. The van der Waals surface area contributed by atoms with Crippen molar-refractivity contribution in [2.75, 3.05) is 25.0 Å². The number of carbonyl (C=O) groups is 2. The van der Waals surface area contributed by atoms with Crippen LogP contribution < -0.4 is 10.2 Å². The number of carbonyl (C=O) groups excluding carboxylic acids is 2. The van der Waals surface area contributed by atoms with E-state index in [0.717, 1.165) is 22.7 Å². The van der Waals surface area contributed by atoms with E-state index in [0.29, 0.717) is 59.2 Å². The second kappa shape index (κ2) is 13.6. The lowest BCUT2D eigenvalue weighted by Gasteiger charge is -2.33. The molecule has 1 aliphatic rings. The number of hydrogen-bond donors (Lipinski definition) is 1. The van der Waals surface area contributed by atoms with Crippen LogP contribution in [0, 0.1) is 17.1 Å².